The number of benzene rings is 2. The average Bonchev–Trinajstić information content (AvgIpc) is 2.52. The lowest BCUT2D eigenvalue weighted by atomic mass is 10.1. The minimum atomic E-state index is -4.75. The molecular formula is C17H11F3O4. The van der Waals surface area contributed by atoms with E-state index < -0.39 is 12.3 Å². The average molecular weight is 336 g/mol. The van der Waals surface area contributed by atoms with Crippen LogP contribution in [-0.4, -0.2) is 23.2 Å². The molecule has 2 rings (SSSR count). The van der Waals surface area contributed by atoms with Crippen LogP contribution in [0, 0.1) is 0 Å². The molecule has 0 saturated heterocycles. The second-order valence-corrected chi connectivity index (χ2v) is 4.70. The third-order valence-corrected chi connectivity index (χ3v) is 2.96. The third kappa shape index (κ3) is 4.98. The van der Waals surface area contributed by atoms with Gasteiger partial charge in [-0.05, 0) is 35.9 Å². The van der Waals surface area contributed by atoms with Gasteiger partial charge in [0.05, 0.1) is 5.56 Å². The maximum absolute atomic E-state index is 12.0. The number of carbonyl (C=O) groups excluding carboxylic acids is 1. The number of hydrogen-bond donors (Lipinski definition) is 1. The second kappa shape index (κ2) is 6.99. The minimum absolute atomic E-state index is 0.0655. The summed E-state index contributed by atoms with van der Waals surface area (Å²) in [6.07, 6.45) is -2.07. The first-order valence-electron chi connectivity index (χ1n) is 6.66. The molecule has 24 heavy (non-hydrogen) atoms. The SMILES string of the molecule is O=C(O)c1ccc(C(=O)/C=C/c2ccc(OC(F)(F)F)cc2)cc1. The number of ketones is 1. The molecule has 0 aliphatic rings. The van der Waals surface area contributed by atoms with Gasteiger partial charge in [-0.25, -0.2) is 4.79 Å². The first kappa shape index (κ1) is 17.3. The number of carboxylic acid groups (broad SMARTS) is 1. The molecule has 7 heteroatoms. The Balaban J connectivity index is 2.04. The summed E-state index contributed by atoms with van der Waals surface area (Å²) in [5.41, 5.74) is 0.879. The van der Waals surface area contributed by atoms with E-state index in [-0.39, 0.29) is 17.1 Å². The maximum atomic E-state index is 12.0. The van der Waals surface area contributed by atoms with Crippen molar-refractivity contribution in [1.82, 2.24) is 0 Å². The molecule has 0 spiro atoms. The number of carbonyl (C=O) groups is 2. The summed E-state index contributed by atoms with van der Waals surface area (Å²) in [6.45, 7) is 0. The van der Waals surface area contributed by atoms with Crippen LogP contribution in [0.3, 0.4) is 0 Å². The molecule has 0 aliphatic heterocycles. The molecule has 0 aromatic heterocycles. The number of ether oxygens (including phenoxy) is 1. The predicted octanol–water partition coefficient (Wildman–Crippen LogP) is 4.18. The Bertz CT molecular complexity index is 760. The quantitative estimate of drug-likeness (QED) is 0.657. The van der Waals surface area contributed by atoms with E-state index in [1.165, 1.54) is 48.6 Å². The van der Waals surface area contributed by atoms with Crippen molar-refractivity contribution >= 4 is 17.8 Å². The summed E-state index contributed by atoms with van der Waals surface area (Å²) in [4.78, 5) is 22.7. The standard InChI is InChI=1S/C17H11F3O4/c18-17(19,20)24-14-8-1-11(2-9-14)3-10-15(21)12-4-6-13(7-5-12)16(22)23/h1-10H,(H,22,23)/b10-3+. The molecule has 0 bridgehead atoms. The number of rotatable bonds is 5. The van der Waals surface area contributed by atoms with Crippen molar-refractivity contribution in [2.45, 2.75) is 6.36 Å². The van der Waals surface area contributed by atoms with E-state index >= 15 is 0 Å². The molecule has 0 unspecified atom stereocenters. The zero-order valence-corrected chi connectivity index (χ0v) is 12.1. The largest absolute Gasteiger partial charge is 0.573 e. The molecular weight excluding hydrogens is 325 g/mol. The lowest BCUT2D eigenvalue weighted by Crippen LogP contribution is -2.16. The van der Waals surface area contributed by atoms with Gasteiger partial charge in [-0.15, -0.1) is 13.2 Å². The molecule has 4 nitrogen and oxygen atoms in total. The van der Waals surface area contributed by atoms with Crippen LogP contribution in [-0.2, 0) is 0 Å². The molecule has 1 N–H and O–H groups in total. The van der Waals surface area contributed by atoms with E-state index in [1.807, 2.05) is 0 Å². The fraction of sp³-hybridized carbons (Fsp3) is 0.0588. The van der Waals surface area contributed by atoms with Crippen molar-refractivity contribution in [3.8, 4) is 5.75 Å². The van der Waals surface area contributed by atoms with Gasteiger partial charge in [-0.1, -0.05) is 30.3 Å². The highest BCUT2D eigenvalue weighted by Gasteiger charge is 2.30. The molecule has 0 amide bonds. The van der Waals surface area contributed by atoms with Crippen LogP contribution >= 0.6 is 0 Å². The first-order chi connectivity index (χ1) is 11.2. The summed E-state index contributed by atoms with van der Waals surface area (Å²) in [6, 6.07) is 10.4. The van der Waals surface area contributed by atoms with Crippen LogP contribution in [0.5, 0.6) is 5.75 Å². The van der Waals surface area contributed by atoms with Gasteiger partial charge in [0.2, 0.25) is 0 Å². The second-order valence-electron chi connectivity index (χ2n) is 4.70. The Labute approximate surface area is 134 Å². The summed E-state index contributed by atoms with van der Waals surface area (Å²) in [5.74, 6) is -1.80. The van der Waals surface area contributed by atoms with Crippen LogP contribution in [0.1, 0.15) is 26.3 Å². The highest BCUT2D eigenvalue weighted by Crippen LogP contribution is 2.23. The summed E-state index contributed by atoms with van der Waals surface area (Å²) < 4.78 is 39.9. The lowest BCUT2D eigenvalue weighted by Gasteiger charge is -2.08. The summed E-state index contributed by atoms with van der Waals surface area (Å²) >= 11 is 0. The Kier molecular flexibility index (Phi) is 5.03. The zero-order valence-electron chi connectivity index (χ0n) is 12.1. The van der Waals surface area contributed by atoms with Gasteiger partial charge in [0.15, 0.2) is 5.78 Å². The van der Waals surface area contributed by atoms with Gasteiger partial charge >= 0.3 is 12.3 Å². The van der Waals surface area contributed by atoms with Crippen molar-refractivity contribution < 1.29 is 32.6 Å². The summed E-state index contributed by atoms with van der Waals surface area (Å²) in [7, 11) is 0. The van der Waals surface area contributed by atoms with E-state index in [0.29, 0.717) is 11.1 Å². The molecule has 0 saturated carbocycles. The monoisotopic (exact) mass is 336 g/mol. The van der Waals surface area contributed by atoms with Gasteiger partial charge < -0.3 is 9.84 Å². The van der Waals surface area contributed by atoms with Crippen molar-refractivity contribution in [3.05, 3.63) is 71.3 Å². The first-order valence-corrected chi connectivity index (χ1v) is 6.66. The normalized spacial score (nSPS) is 11.5. The fourth-order valence-electron chi connectivity index (χ4n) is 1.83. The van der Waals surface area contributed by atoms with E-state index in [9.17, 15) is 22.8 Å². The minimum Gasteiger partial charge on any atom is -0.478 e. The zero-order chi connectivity index (χ0) is 17.7. The van der Waals surface area contributed by atoms with Crippen LogP contribution in [0.2, 0.25) is 0 Å². The Morgan fingerprint density at radius 3 is 1.96 bits per heavy atom. The Morgan fingerprint density at radius 1 is 0.917 bits per heavy atom. The van der Waals surface area contributed by atoms with Crippen molar-refractivity contribution in [1.29, 1.82) is 0 Å². The van der Waals surface area contributed by atoms with Crippen LogP contribution in [0.4, 0.5) is 13.2 Å². The van der Waals surface area contributed by atoms with Crippen LogP contribution in [0.25, 0.3) is 6.08 Å². The van der Waals surface area contributed by atoms with Crippen molar-refractivity contribution in [3.63, 3.8) is 0 Å². The van der Waals surface area contributed by atoms with Crippen molar-refractivity contribution in [2.75, 3.05) is 0 Å². The maximum Gasteiger partial charge on any atom is 0.573 e. The van der Waals surface area contributed by atoms with Gasteiger partial charge in [0.1, 0.15) is 5.75 Å². The molecule has 0 atom stereocenters. The van der Waals surface area contributed by atoms with Gasteiger partial charge in [-0.3, -0.25) is 4.79 Å². The summed E-state index contributed by atoms with van der Waals surface area (Å²) in [5, 5.41) is 8.78. The lowest BCUT2D eigenvalue weighted by molar-refractivity contribution is -0.274. The molecule has 0 fully saturated rings. The predicted molar refractivity (Wildman–Crippen MR) is 79.9 cm³/mol. The Morgan fingerprint density at radius 2 is 1.46 bits per heavy atom. The third-order valence-electron chi connectivity index (χ3n) is 2.96. The smallest absolute Gasteiger partial charge is 0.478 e. The molecule has 0 aliphatic carbocycles. The number of halogens is 3. The molecule has 2 aromatic rings. The van der Waals surface area contributed by atoms with E-state index in [1.54, 1.807) is 0 Å². The van der Waals surface area contributed by atoms with E-state index in [4.69, 9.17) is 5.11 Å². The molecule has 124 valence electrons. The highest BCUT2D eigenvalue weighted by atomic mass is 19.4. The van der Waals surface area contributed by atoms with Gasteiger partial charge in [-0.2, -0.15) is 0 Å². The molecule has 0 radical (unpaired) electrons. The topological polar surface area (TPSA) is 63.6 Å². The number of carboxylic acids is 1. The molecule has 0 heterocycles. The van der Waals surface area contributed by atoms with Gasteiger partial charge in [0, 0.05) is 5.56 Å². The van der Waals surface area contributed by atoms with E-state index in [2.05, 4.69) is 4.74 Å². The van der Waals surface area contributed by atoms with Crippen LogP contribution in [0.15, 0.2) is 54.6 Å². The van der Waals surface area contributed by atoms with Crippen LogP contribution < -0.4 is 4.74 Å². The fourth-order valence-corrected chi connectivity index (χ4v) is 1.83. The number of aromatic carboxylic acids is 1. The highest BCUT2D eigenvalue weighted by molar-refractivity contribution is 6.07. The molecule has 2 aromatic carbocycles. The van der Waals surface area contributed by atoms with E-state index in [0.717, 1.165) is 12.1 Å². The number of alkyl halides is 3. The number of hydrogen-bond acceptors (Lipinski definition) is 3. The number of allylic oxidation sites excluding steroid dienone is 1. The Hall–Kier alpha value is -3.09. The van der Waals surface area contributed by atoms with Crippen molar-refractivity contribution in [2.24, 2.45) is 0 Å². The van der Waals surface area contributed by atoms with Gasteiger partial charge in [0.25, 0.3) is 0 Å².